The van der Waals surface area contributed by atoms with Crippen LogP contribution in [0.1, 0.15) is 6.92 Å². The highest BCUT2D eigenvalue weighted by atomic mass is 19.5. The smallest absolute Gasteiger partial charge is 0.438 e. The number of hydrogen-bond acceptors (Lipinski definition) is 1. The summed E-state index contributed by atoms with van der Waals surface area (Å²) in [6, 6.07) is 0. The summed E-state index contributed by atoms with van der Waals surface area (Å²) in [4.78, 5) is 3.05. The number of hydrogen-bond donors (Lipinski definition) is 1. The molecule has 13 heavy (non-hydrogen) atoms. The van der Waals surface area contributed by atoms with Gasteiger partial charge in [0.15, 0.2) is 13.2 Å². The Morgan fingerprint density at radius 1 is 1.46 bits per heavy atom. The van der Waals surface area contributed by atoms with Gasteiger partial charge in [-0.15, -0.1) is 0 Å². The maximum Gasteiger partial charge on any atom is 0.673 e. The van der Waals surface area contributed by atoms with Crippen LogP contribution in [0.3, 0.4) is 0 Å². The van der Waals surface area contributed by atoms with Gasteiger partial charge >= 0.3 is 13.2 Å². The molecule has 76 valence electrons. The van der Waals surface area contributed by atoms with Crippen LogP contribution in [0.5, 0.6) is 0 Å². The van der Waals surface area contributed by atoms with Gasteiger partial charge in [0, 0.05) is 0 Å². The van der Waals surface area contributed by atoms with Crippen LogP contribution in [0.15, 0.2) is 12.2 Å². The van der Waals surface area contributed by atoms with E-state index in [4.69, 9.17) is 4.74 Å². The van der Waals surface area contributed by atoms with Crippen molar-refractivity contribution in [1.82, 2.24) is 0 Å². The third-order valence-electron chi connectivity index (χ3n) is 1.02. The fourth-order valence-corrected chi connectivity index (χ4v) is 0.643. The van der Waals surface area contributed by atoms with Gasteiger partial charge < -0.3 is 22.0 Å². The van der Waals surface area contributed by atoms with Gasteiger partial charge in [-0.3, -0.25) is 0 Å². The summed E-state index contributed by atoms with van der Waals surface area (Å²) in [5.74, 6) is 0.852. The lowest BCUT2D eigenvalue weighted by molar-refractivity contribution is -0.444. The van der Waals surface area contributed by atoms with Crippen molar-refractivity contribution < 1.29 is 27.0 Å². The van der Waals surface area contributed by atoms with Gasteiger partial charge in [0.2, 0.25) is 0 Å². The maximum atomic E-state index is 9.75. The second-order valence-electron chi connectivity index (χ2n) is 2.38. The van der Waals surface area contributed by atoms with Crippen LogP contribution in [0.2, 0.25) is 0 Å². The molecule has 0 aromatic heterocycles. The van der Waals surface area contributed by atoms with Crippen molar-refractivity contribution in [2.24, 2.45) is 0 Å². The molecule has 0 saturated heterocycles. The Kier molecular flexibility index (Phi) is 4.51. The molecule has 2 nitrogen and oxygen atoms in total. The third-order valence-corrected chi connectivity index (χ3v) is 1.02. The molecule has 0 unspecified atom stereocenters. The minimum Gasteiger partial charge on any atom is -0.438 e. The lowest BCUT2D eigenvalue weighted by atomic mass is 10.3. The number of ether oxygens (including phenoxy) is 1. The topological polar surface area (TPSA) is 23.2 Å². The minimum atomic E-state index is -6.00. The highest BCUT2D eigenvalue weighted by Crippen LogP contribution is 2.06. The Bertz CT molecular complexity index is 207. The zero-order valence-electron chi connectivity index (χ0n) is 7.12. The van der Waals surface area contributed by atoms with Gasteiger partial charge in [-0.25, -0.2) is 4.99 Å². The SMILES string of the molecule is C=C(C)C1=[NH+]CCO1.F[B-](F)(F)F. The van der Waals surface area contributed by atoms with Gasteiger partial charge in [-0.1, -0.05) is 6.58 Å². The first kappa shape index (κ1) is 12.0. The Labute approximate surface area is 73.4 Å². The van der Waals surface area contributed by atoms with Crippen LogP contribution in [0, 0.1) is 0 Å². The summed E-state index contributed by atoms with van der Waals surface area (Å²) >= 11 is 0. The van der Waals surface area contributed by atoms with Crippen molar-refractivity contribution >= 4 is 13.2 Å². The predicted molar refractivity (Wildman–Crippen MR) is 41.8 cm³/mol. The van der Waals surface area contributed by atoms with Crippen LogP contribution >= 0.6 is 0 Å². The Morgan fingerprint density at radius 2 is 1.92 bits per heavy atom. The quantitative estimate of drug-likeness (QED) is 0.478. The first-order valence-electron chi connectivity index (χ1n) is 3.57. The lowest BCUT2D eigenvalue weighted by Gasteiger charge is -1.94. The van der Waals surface area contributed by atoms with Crippen LogP contribution in [0.25, 0.3) is 0 Å². The molecule has 1 heterocycles. The molecule has 0 amide bonds. The predicted octanol–water partition coefficient (Wildman–Crippen LogP) is 0.372. The summed E-state index contributed by atoms with van der Waals surface area (Å²) in [6.07, 6.45) is 0. The summed E-state index contributed by atoms with van der Waals surface area (Å²) < 4.78 is 44.1. The first-order chi connectivity index (χ1) is 5.80. The fraction of sp³-hybridized carbons (Fsp3) is 0.500. The molecular formula is C6H10BF4NO. The van der Waals surface area contributed by atoms with E-state index >= 15 is 0 Å². The van der Waals surface area contributed by atoms with Gasteiger partial charge in [0.1, 0.15) is 0 Å². The van der Waals surface area contributed by atoms with Gasteiger partial charge in [0.25, 0.3) is 0 Å². The van der Waals surface area contributed by atoms with E-state index in [0.29, 0.717) is 0 Å². The van der Waals surface area contributed by atoms with Crippen LogP contribution in [-0.2, 0) is 4.74 Å². The van der Waals surface area contributed by atoms with Crippen LogP contribution in [0.4, 0.5) is 17.3 Å². The van der Waals surface area contributed by atoms with E-state index in [1.165, 1.54) is 0 Å². The second kappa shape index (κ2) is 4.88. The largest absolute Gasteiger partial charge is 0.673 e. The van der Waals surface area contributed by atoms with E-state index in [1.54, 1.807) is 0 Å². The molecule has 1 rings (SSSR count). The average molecular weight is 199 g/mol. The highest BCUT2D eigenvalue weighted by molar-refractivity contribution is 6.50. The van der Waals surface area contributed by atoms with Gasteiger partial charge in [-0.2, -0.15) is 0 Å². The molecule has 0 radical (unpaired) electrons. The van der Waals surface area contributed by atoms with Gasteiger partial charge in [-0.05, 0) is 6.92 Å². The average Bonchev–Trinajstić information content (AvgIpc) is 2.31. The maximum absolute atomic E-state index is 9.75. The van der Waals surface area contributed by atoms with Crippen molar-refractivity contribution in [3.63, 3.8) is 0 Å². The molecule has 0 bridgehead atoms. The third kappa shape index (κ3) is 8.90. The van der Waals surface area contributed by atoms with Crippen molar-refractivity contribution in [2.75, 3.05) is 13.2 Å². The Hall–Kier alpha value is -1.01. The molecule has 7 heteroatoms. The van der Waals surface area contributed by atoms with E-state index in [2.05, 4.69) is 11.6 Å². The molecule has 0 spiro atoms. The molecule has 0 aromatic rings. The van der Waals surface area contributed by atoms with Crippen LogP contribution < -0.4 is 4.99 Å². The Morgan fingerprint density at radius 3 is 2.08 bits per heavy atom. The molecule has 0 atom stereocenters. The molecule has 1 aliphatic rings. The normalized spacial score (nSPS) is 15.3. The van der Waals surface area contributed by atoms with Gasteiger partial charge in [0.05, 0.1) is 5.57 Å². The Balaban J connectivity index is 0.000000252. The van der Waals surface area contributed by atoms with E-state index in [9.17, 15) is 17.3 Å². The number of nitrogens with one attached hydrogen (secondary N) is 1. The molecule has 0 aliphatic carbocycles. The first-order valence-corrected chi connectivity index (χ1v) is 3.57. The summed E-state index contributed by atoms with van der Waals surface area (Å²) in [7, 11) is -6.00. The molecule has 1 N–H and O–H groups in total. The molecular weight excluding hydrogens is 189 g/mol. The standard InChI is InChI=1S/C6H9NO.BF4/c1-5(2)6-7-3-4-8-6;2-1(3,4)5/h1,3-4H2,2H3;/q;-1/p+1. The molecule has 1 aliphatic heterocycles. The lowest BCUT2D eigenvalue weighted by Crippen LogP contribution is -2.70. The van der Waals surface area contributed by atoms with E-state index in [0.717, 1.165) is 24.6 Å². The van der Waals surface area contributed by atoms with Crippen molar-refractivity contribution in [1.29, 1.82) is 0 Å². The molecule has 0 aromatic carbocycles. The van der Waals surface area contributed by atoms with E-state index in [-0.39, 0.29) is 0 Å². The van der Waals surface area contributed by atoms with E-state index in [1.807, 2.05) is 6.92 Å². The van der Waals surface area contributed by atoms with Crippen LogP contribution in [-0.4, -0.2) is 26.3 Å². The summed E-state index contributed by atoms with van der Waals surface area (Å²) in [5, 5.41) is 0. The second-order valence-corrected chi connectivity index (χ2v) is 2.38. The number of rotatable bonds is 1. The fourth-order valence-electron chi connectivity index (χ4n) is 0.643. The molecule has 0 saturated carbocycles. The summed E-state index contributed by atoms with van der Waals surface area (Å²) in [6.45, 7) is 7.34. The zero-order valence-corrected chi connectivity index (χ0v) is 7.12. The van der Waals surface area contributed by atoms with Crippen molar-refractivity contribution in [2.45, 2.75) is 6.92 Å². The van der Waals surface area contributed by atoms with Crippen molar-refractivity contribution in [3.05, 3.63) is 12.2 Å². The highest BCUT2D eigenvalue weighted by Gasteiger charge is 2.20. The van der Waals surface area contributed by atoms with Crippen molar-refractivity contribution in [3.8, 4) is 0 Å². The minimum absolute atomic E-state index is 0.780. The van der Waals surface area contributed by atoms with E-state index < -0.39 is 7.25 Å². The summed E-state index contributed by atoms with van der Waals surface area (Å²) in [5.41, 5.74) is 0.975. The zero-order chi connectivity index (χ0) is 10.5. The number of halogens is 4. The molecule has 0 fully saturated rings. The monoisotopic (exact) mass is 199 g/mol.